The largest absolute Gasteiger partial charge is 0.493 e. The molecular weight excluding hydrogens is 403 g/mol. The molecule has 0 aliphatic carbocycles. The van der Waals surface area contributed by atoms with Crippen molar-refractivity contribution in [3.8, 4) is 11.5 Å². The van der Waals surface area contributed by atoms with Crippen LogP contribution in [0.25, 0.3) is 6.08 Å². The number of carbonyl (C=O) groups excluding carboxylic acids is 1. The number of nitrogens with zero attached hydrogens (tertiary/aromatic N) is 2. The second kappa shape index (κ2) is 8.43. The number of aliphatic imine (C=N–C) groups is 1. The number of carbonyl (C=O) groups is 1. The molecule has 1 aromatic heterocycles. The Morgan fingerprint density at radius 2 is 1.94 bits per heavy atom. The number of benzene rings is 2. The van der Waals surface area contributed by atoms with Crippen LogP contribution in [0.5, 0.6) is 11.5 Å². The normalized spacial score (nSPS) is 14.5. The summed E-state index contributed by atoms with van der Waals surface area (Å²) in [4.78, 5) is 16.3. The topological polar surface area (TPSA) is 83.2 Å². The fraction of sp³-hybridized carbons (Fsp3) is 0.174. The van der Waals surface area contributed by atoms with Gasteiger partial charge in [0.25, 0.3) is 0 Å². The van der Waals surface area contributed by atoms with Crippen LogP contribution in [0.2, 0.25) is 0 Å². The number of aromatic nitrogens is 1. The maximum Gasteiger partial charge on any atom is 0.363 e. The lowest BCUT2D eigenvalue weighted by Crippen LogP contribution is -2.07. The van der Waals surface area contributed by atoms with Gasteiger partial charge in [0.15, 0.2) is 17.2 Å². The first-order chi connectivity index (χ1) is 15.0. The smallest absolute Gasteiger partial charge is 0.363 e. The molecule has 2 heterocycles. The highest BCUT2D eigenvalue weighted by atomic mass is 19.1. The Balaban J connectivity index is 1.57. The molecule has 4 rings (SSSR count). The number of hydrogen-bond acceptors (Lipinski definition) is 7. The number of cyclic esters (lactones) is 1. The minimum absolute atomic E-state index is 0.0599. The molecular formula is C23H19FN2O5. The van der Waals surface area contributed by atoms with Crippen LogP contribution < -0.4 is 9.47 Å². The van der Waals surface area contributed by atoms with E-state index in [2.05, 4.69) is 10.1 Å². The summed E-state index contributed by atoms with van der Waals surface area (Å²) in [6.07, 6.45) is 1.54. The van der Waals surface area contributed by atoms with E-state index in [9.17, 15) is 9.18 Å². The SMILES string of the molecule is COc1cc(/C=C2/N=C(c3ccccc3F)OC2=O)ccc1OCc1c(C)noc1C. The number of hydrogen-bond donors (Lipinski definition) is 0. The van der Waals surface area contributed by atoms with E-state index in [0.717, 1.165) is 11.3 Å². The van der Waals surface area contributed by atoms with Crippen LogP contribution in [0.15, 0.2) is 57.7 Å². The van der Waals surface area contributed by atoms with Crippen LogP contribution in [-0.4, -0.2) is 24.1 Å². The lowest BCUT2D eigenvalue weighted by molar-refractivity contribution is -0.129. The minimum Gasteiger partial charge on any atom is -0.493 e. The summed E-state index contributed by atoms with van der Waals surface area (Å²) in [7, 11) is 1.52. The molecule has 0 saturated heterocycles. The van der Waals surface area contributed by atoms with Gasteiger partial charge in [-0.05, 0) is 49.8 Å². The molecule has 0 radical (unpaired) electrons. The van der Waals surface area contributed by atoms with Crippen molar-refractivity contribution in [1.29, 1.82) is 0 Å². The molecule has 8 heteroatoms. The maximum absolute atomic E-state index is 14.0. The average molecular weight is 422 g/mol. The van der Waals surface area contributed by atoms with Gasteiger partial charge in [-0.1, -0.05) is 23.4 Å². The van der Waals surface area contributed by atoms with E-state index in [1.165, 1.54) is 25.3 Å². The molecule has 31 heavy (non-hydrogen) atoms. The van der Waals surface area contributed by atoms with Crippen LogP contribution in [0.4, 0.5) is 4.39 Å². The van der Waals surface area contributed by atoms with Gasteiger partial charge in [-0.15, -0.1) is 0 Å². The van der Waals surface area contributed by atoms with Crippen LogP contribution in [0.3, 0.4) is 0 Å². The van der Waals surface area contributed by atoms with Gasteiger partial charge in [0.2, 0.25) is 5.90 Å². The van der Waals surface area contributed by atoms with E-state index < -0.39 is 11.8 Å². The Morgan fingerprint density at radius 1 is 1.13 bits per heavy atom. The number of rotatable bonds is 6. The predicted octanol–water partition coefficient (Wildman–Crippen LogP) is 4.36. The molecule has 0 unspecified atom stereocenters. The van der Waals surface area contributed by atoms with Gasteiger partial charge in [0, 0.05) is 0 Å². The monoisotopic (exact) mass is 422 g/mol. The van der Waals surface area contributed by atoms with Crippen molar-refractivity contribution in [2.24, 2.45) is 4.99 Å². The highest BCUT2D eigenvalue weighted by Gasteiger charge is 2.26. The highest BCUT2D eigenvalue weighted by Crippen LogP contribution is 2.31. The second-order valence-corrected chi connectivity index (χ2v) is 6.82. The molecule has 0 amide bonds. The van der Waals surface area contributed by atoms with Crippen LogP contribution >= 0.6 is 0 Å². The van der Waals surface area contributed by atoms with Crippen molar-refractivity contribution in [3.63, 3.8) is 0 Å². The molecule has 0 atom stereocenters. The number of esters is 1. The minimum atomic E-state index is -0.657. The predicted molar refractivity (Wildman–Crippen MR) is 110 cm³/mol. The molecule has 0 bridgehead atoms. The Hall–Kier alpha value is -3.94. The van der Waals surface area contributed by atoms with Crippen molar-refractivity contribution >= 4 is 17.9 Å². The summed E-state index contributed by atoms with van der Waals surface area (Å²) in [6, 6.07) is 11.2. The van der Waals surface area contributed by atoms with E-state index in [0.29, 0.717) is 22.8 Å². The van der Waals surface area contributed by atoms with E-state index >= 15 is 0 Å². The summed E-state index contributed by atoms with van der Waals surface area (Å²) < 4.78 is 35.5. The van der Waals surface area contributed by atoms with Gasteiger partial charge in [0.05, 0.1) is 23.9 Å². The fourth-order valence-electron chi connectivity index (χ4n) is 3.07. The molecule has 7 nitrogen and oxygen atoms in total. The van der Waals surface area contributed by atoms with Crippen LogP contribution in [-0.2, 0) is 16.1 Å². The van der Waals surface area contributed by atoms with Gasteiger partial charge in [-0.2, -0.15) is 0 Å². The number of halogens is 1. The van der Waals surface area contributed by atoms with Gasteiger partial charge in [-0.3, -0.25) is 0 Å². The molecule has 0 spiro atoms. The van der Waals surface area contributed by atoms with Gasteiger partial charge >= 0.3 is 5.97 Å². The third kappa shape index (κ3) is 4.18. The third-order valence-corrected chi connectivity index (χ3v) is 4.77. The van der Waals surface area contributed by atoms with Crippen molar-refractivity contribution in [3.05, 3.63) is 82.1 Å². The van der Waals surface area contributed by atoms with Crippen molar-refractivity contribution in [1.82, 2.24) is 5.16 Å². The number of ether oxygens (including phenoxy) is 3. The number of methoxy groups -OCH3 is 1. The van der Waals surface area contributed by atoms with Gasteiger partial charge in [-0.25, -0.2) is 14.2 Å². The lowest BCUT2D eigenvalue weighted by atomic mass is 10.1. The zero-order valence-corrected chi connectivity index (χ0v) is 17.1. The molecule has 0 fully saturated rings. The summed E-state index contributed by atoms with van der Waals surface area (Å²) in [6.45, 7) is 3.95. The van der Waals surface area contributed by atoms with Gasteiger partial charge in [0.1, 0.15) is 18.2 Å². The standard InChI is InChI=1S/C23H19FN2O5/c1-13-17(14(2)31-26-13)12-29-20-9-8-15(11-21(20)28-3)10-19-23(27)30-22(25-19)16-6-4-5-7-18(16)24/h4-11H,12H2,1-3H3/b19-10+. The Labute approximate surface area is 177 Å². The maximum atomic E-state index is 14.0. The average Bonchev–Trinajstić information content (AvgIpc) is 3.28. The van der Waals surface area contributed by atoms with Crippen molar-refractivity contribution in [2.75, 3.05) is 7.11 Å². The van der Waals surface area contributed by atoms with E-state index in [1.54, 1.807) is 30.3 Å². The van der Waals surface area contributed by atoms with E-state index in [4.69, 9.17) is 18.7 Å². The van der Waals surface area contributed by atoms with Gasteiger partial charge < -0.3 is 18.7 Å². The molecule has 0 N–H and O–H groups in total. The first-order valence-electron chi connectivity index (χ1n) is 9.46. The van der Waals surface area contributed by atoms with Crippen LogP contribution in [0.1, 0.15) is 28.1 Å². The highest BCUT2D eigenvalue weighted by molar-refractivity contribution is 6.12. The van der Waals surface area contributed by atoms with Crippen LogP contribution in [0, 0.1) is 19.7 Å². The van der Waals surface area contributed by atoms with Crippen molar-refractivity contribution in [2.45, 2.75) is 20.5 Å². The number of aryl methyl sites for hydroxylation is 2. The first-order valence-corrected chi connectivity index (χ1v) is 9.46. The third-order valence-electron chi connectivity index (χ3n) is 4.77. The summed E-state index contributed by atoms with van der Waals surface area (Å²) in [5.41, 5.74) is 2.47. The molecule has 1 aliphatic rings. The van der Waals surface area contributed by atoms with E-state index in [1.807, 2.05) is 13.8 Å². The lowest BCUT2D eigenvalue weighted by Gasteiger charge is -2.11. The zero-order chi connectivity index (χ0) is 22.0. The molecule has 1 aliphatic heterocycles. The Bertz CT molecular complexity index is 1190. The van der Waals surface area contributed by atoms with Crippen molar-refractivity contribution < 1.29 is 27.9 Å². The zero-order valence-electron chi connectivity index (χ0n) is 17.1. The summed E-state index contributed by atoms with van der Waals surface area (Å²) >= 11 is 0. The Kier molecular flexibility index (Phi) is 5.53. The Morgan fingerprint density at radius 3 is 2.65 bits per heavy atom. The summed E-state index contributed by atoms with van der Waals surface area (Å²) in [5, 5.41) is 3.91. The molecule has 3 aromatic rings. The first kappa shape index (κ1) is 20.3. The molecule has 158 valence electrons. The fourth-order valence-corrected chi connectivity index (χ4v) is 3.07. The second-order valence-electron chi connectivity index (χ2n) is 6.82. The van der Waals surface area contributed by atoms with E-state index in [-0.39, 0.29) is 23.8 Å². The molecule has 2 aromatic carbocycles. The summed E-state index contributed by atoms with van der Waals surface area (Å²) in [5.74, 6) is 0.453. The quantitative estimate of drug-likeness (QED) is 0.434. The molecule has 0 saturated carbocycles.